The van der Waals surface area contributed by atoms with Gasteiger partial charge >= 0.3 is 0 Å². The SMILES string of the molecule is C1=C(C2Cc3c(c4ccccc4n3-c3cccc(-n4c5ccccc5c5c6ccccc6n(-c6cccc(N(c7ccccc7)c7ccccc7)c6)c54)c3)-c3ccccc32)C=C(N(Cc2ccccc2)c2ccccc2)CC1. The minimum atomic E-state index is 0.170. The van der Waals surface area contributed by atoms with E-state index in [2.05, 4.69) is 303 Å². The van der Waals surface area contributed by atoms with Gasteiger partial charge in [0, 0.05) is 90.8 Å². The van der Waals surface area contributed by atoms with Crippen molar-refractivity contribution in [3.05, 3.63) is 307 Å². The van der Waals surface area contributed by atoms with Crippen LogP contribution in [0.1, 0.15) is 35.6 Å². The number of para-hydroxylation sites is 6. The van der Waals surface area contributed by atoms with Crippen LogP contribution in [-0.4, -0.2) is 13.7 Å². The van der Waals surface area contributed by atoms with Crippen LogP contribution in [0.4, 0.5) is 22.7 Å². The minimum absolute atomic E-state index is 0.170. The molecule has 78 heavy (non-hydrogen) atoms. The summed E-state index contributed by atoms with van der Waals surface area (Å²) in [5.74, 6) is 0.170. The van der Waals surface area contributed by atoms with Crippen LogP contribution in [-0.2, 0) is 13.0 Å². The maximum Gasteiger partial charge on any atom is 0.131 e. The predicted octanol–water partition coefficient (Wildman–Crippen LogP) is 18.8. The Hall–Kier alpha value is -9.84. The van der Waals surface area contributed by atoms with Crippen molar-refractivity contribution in [3.63, 3.8) is 0 Å². The van der Waals surface area contributed by atoms with E-state index >= 15 is 0 Å². The molecule has 5 nitrogen and oxygen atoms in total. The van der Waals surface area contributed by atoms with E-state index in [0.29, 0.717) is 0 Å². The lowest BCUT2D eigenvalue weighted by atomic mass is 9.76. The van der Waals surface area contributed by atoms with E-state index in [9.17, 15) is 0 Å². The molecule has 2 aliphatic carbocycles. The van der Waals surface area contributed by atoms with Crippen molar-refractivity contribution < 1.29 is 0 Å². The van der Waals surface area contributed by atoms with Crippen molar-refractivity contribution in [1.82, 2.24) is 13.7 Å². The largest absolute Gasteiger partial charge is 0.341 e. The van der Waals surface area contributed by atoms with Gasteiger partial charge in [0.1, 0.15) is 5.65 Å². The Bertz CT molecular complexity index is 4410. The molecule has 2 aliphatic rings. The minimum Gasteiger partial charge on any atom is -0.341 e. The summed E-state index contributed by atoms with van der Waals surface area (Å²) in [6, 6.07) is 97.7. The Morgan fingerprint density at radius 2 is 0.923 bits per heavy atom. The monoisotopic (exact) mass is 1000 g/mol. The second-order valence-electron chi connectivity index (χ2n) is 20.8. The summed E-state index contributed by atoms with van der Waals surface area (Å²) in [7, 11) is 0. The fourth-order valence-electron chi connectivity index (χ4n) is 13.0. The topological polar surface area (TPSA) is 21.3 Å². The summed E-state index contributed by atoms with van der Waals surface area (Å²) in [5.41, 5.74) is 22.0. The van der Waals surface area contributed by atoms with Crippen LogP contribution < -0.4 is 9.80 Å². The van der Waals surface area contributed by atoms with Gasteiger partial charge in [-0.1, -0.05) is 182 Å². The molecule has 0 saturated carbocycles. The molecule has 5 heteroatoms. The molecule has 0 fully saturated rings. The first-order valence-electron chi connectivity index (χ1n) is 27.4. The molecule has 0 bridgehead atoms. The summed E-state index contributed by atoms with van der Waals surface area (Å²) in [5, 5.41) is 4.98. The number of fused-ring (bicyclic) bond motifs is 10. The number of anilines is 4. The molecule has 3 aromatic heterocycles. The van der Waals surface area contributed by atoms with Crippen molar-refractivity contribution in [1.29, 1.82) is 0 Å². The summed E-state index contributed by atoms with van der Waals surface area (Å²) in [6.07, 6.45) is 7.90. The quantitative estimate of drug-likeness (QED) is 0.129. The Morgan fingerprint density at radius 1 is 0.423 bits per heavy atom. The molecular weight excluding hydrogens is 947 g/mol. The highest BCUT2D eigenvalue weighted by Crippen LogP contribution is 2.50. The van der Waals surface area contributed by atoms with Gasteiger partial charge in [0.05, 0.1) is 16.6 Å². The van der Waals surface area contributed by atoms with Gasteiger partial charge in [-0.3, -0.25) is 9.13 Å². The maximum atomic E-state index is 2.58. The van der Waals surface area contributed by atoms with Crippen LogP contribution in [0.2, 0.25) is 0 Å². The van der Waals surface area contributed by atoms with E-state index in [1.54, 1.807) is 0 Å². The van der Waals surface area contributed by atoms with Crippen molar-refractivity contribution in [2.24, 2.45) is 0 Å². The fourth-order valence-corrected chi connectivity index (χ4v) is 13.0. The van der Waals surface area contributed by atoms with Gasteiger partial charge in [-0.2, -0.15) is 0 Å². The second-order valence-corrected chi connectivity index (χ2v) is 20.8. The molecule has 0 spiro atoms. The molecule has 0 saturated heterocycles. The number of rotatable bonds is 11. The van der Waals surface area contributed by atoms with Crippen molar-refractivity contribution in [2.45, 2.75) is 31.7 Å². The van der Waals surface area contributed by atoms with Crippen molar-refractivity contribution in [2.75, 3.05) is 9.80 Å². The number of benzene rings is 10. The lowest BCUT2D eigenvalue weighted by molar-refractivity contribution is 0.731. The first-order chi connectivity index (χ1) is 38.7. The molecule has 372 valence electrons. The smallest absolute Gasteiger partial charge is 0.131 e. The van der Waals surface area contributed by atoms with E-state index in [1.807, 2.05) is 0 Å². The average molecular weight is 1000 g/mol. The predicted molar refractivity (Wildman–Crippen MR) is 325 cm³/mol. The molecule has 13 aromatic rings. The Kier molecular flexibility index (Phi) is 11.1. The highest BCUT2D eigenvalue weighted by Gasteiger charge is 2.33. The standard InChI is InChI=1S/C73H55N5/c1-5-24-51(25-6-1)50-74(53-27-7-2-8-28-53)56-33-21-26-52(46-56)66-49-70-71(62-39-14-13-38-61(62)66)63-40-15-18-43-67(63)76(70)58-35-23-37-60(48-58)78-69-45-20-17-42-65(69)72-64-41-16-19-44-68(64)77(73(72)78)59-36-22-34-57(47-59)75(54-29-9-3-10-30-54)55-31-11-4-12-32-55/h1-20,22-32,34-48,66H,21,33,49-50H2. The normalized spacial score (nSPS) is 14.1. The number of hydrogen-bond donors (Lipinski definition) is 0. The van der Waals surface area contributed by atoms with Gasteiger partial charge in [0.15, 0.2) is 0 Å². The first-order valence-corrected chi connectivity index (χ1v) is 27.4. The summed E-state index contributed by atoms with van der Waals surface area (Å²) >= 11 is 0. The molecule has 3 heterocycles. The van der Waals surface area contributed by atoms with Crippen molar-refractivity contribution >= 4 is 66.5 Å². The number of aromatic nitrogens is 3. The Morgan fingerprint density at radius 3 is 1.58 bits per heavy atom. The third kappa shape index (κ3) is 7.61. The Balaban J connectivity index is 0.895. The van der Waals surface area contributed by atoms with Gasteiger partial charge in [0.25, 0.3) is 0 Å². The van der Waals surface area contributed by atoms with Gasteiger partial charge in [0.2, 0.25) is 0 Å². The van der Waals surface area contributed by atoms with E-state index < -0.39 is 0 Å². The highest BCUT2D eigenvalue weighted by molar-refractivity contribution is 6.22. The van der Waals surface area contributed by atoms with Crippen LogP contribution in [0.25, 0.3) is 71.9 Å². The highest BCUT2D eigenvalue weighted by atomic mass is 15.2. The van der Waals surface area contributed by atoms with Crippen LogP contribution in [0.3, 0.4) is 0 Å². The first kappa shape index (κ1) is 45.5. The summed E-state index contributed by atoms with van der Waals surface area (Å²) in [6.45, 7) is 0.817. The number of hydrogen-bond acceptors (Lipinski definition) is 2. The second kappa shape index (κ2) is 19.1. The van der Waals surface area contributed by atoms with Crippen LogP contribution in [0.5, 0.6) is 0 Å². The zero-order valence-corrected chi connectivity index (χ0v) is 43.2. The molecule has 10 aromatic carbocycles. The molecule has 1 unspecified atom stereocenters. The lowest BCUT2D eigenvalue weighted by Gasteiger charge is -2.33. The number of nitrogens with zero attached hydrogens (tertiary/aromatic N) is 5. The van der Waals surface area contributed by atoms with E-state index in [1.165, 1.54) is 77.5 Å². The molecule has 15 rings (SSSR count). The van der Waals surface area contributed by atoms with Gasteiger partial charge < -0.3 is 14.4 Å². The molecule has 0 amide bonds. The third-order valence-corrected chi connectivity index (χ3v) is 16.3. The van der Waals surface area contributed by atoms with Crippen LogP contribution >= 0.6 is 0 Å². The van der Waals surface area contributed by atoms with E-state index in [0.717, 1.165) is 71.1 Å². The van der Waals surface area contributed by atoms with Gasteiger partial charge in [-0.25, -0.2) is 0 Å². The van der Waals surface area contributed by atoms with E-state index in [4.69, 9.17) is 0 Å². The van der Waals surface area contributed by atoms with Gasteiger partial charge in [-0.15, -0.1) is 0 Å². The lowest BCUT2D eigenvalue weighted by Crippen LogP contribution is -2.24. The molecular formula is C73H55N5. The zero-order chi connectivity index (χ0) is 51.5. The molecule has 0 N–H and O–H groups in total. The van der Waals surface area contributed by atoms with Crippen LogP contribution in [0, 0.1) is 0 Å². The summed E-state index contributed by atoms with van der Waals surface area (Å²) < 4.78 is 7.58. The van der Waals surface area contributed by atoms with Crippen molar-refractivity contribution in [3.8, 4) is 28.2 Å². The third-order valence-electron chi connectivity index (χ3n) is 16.3. The van der Waals surface area contributed by atoms with E-state index in [-0.39, 0.29) is 5.92 Å². The molecule has 0 aliphatic heterocycles. The zero-order valence-electron chi connectivity index (χ0n) is 43.2. The van der Waals surface area contributed by atoms with Gasteiger partial charge in [-0.05, 0) is 139 Å². The number of allylic oxidation sites excluding steroid dienone is 4. The van der Waals surface area contributed by atoms with Crippen LogP contribution in [0.15, 0.2) is 290 Å². The summed E-state index contributed by atoms with van der Waals surface area (Å²) in [4.78, 5) is 4.88. The fraction of sp³-hybridized carbons (Fsp3) is 0.0685. The molecule has 1 atom stereocenters. The Labute approximate surface area is 454 Å². The average Bonchev–Trinajstić information content (AvgIpc) is 4.25. The maximum absolute atomic E-state index is 2.58. The molecule has 0 radical (unpaired) electrons.